The van der Waals surface area contributed by atoms with Crippen LogP contribution in [0.4, 0.5) is 17.5 Å². The highest BCUT2D eigenvalue weighted by Gasteiger charge is 2.14. The molecule has 0 aliphatic heterocycles. The van der Waals surface area contributed by atoms with E-state index in [9.17, 15) is 4.79 Å². The van der Waals surface area contributed by atoms with Crippen LogP contribution < -0.4 is 10.6 Å². The zero-order valence-electron chi connectivity index (χ0n) is 16.7. The molecule has 156 valence electrons. The van der Waals surface area contributed by atoms with Gasteiger partial charge in [0.05, 0.1) is 11.3 Å². The van der Waals surface area contributed by atoms with Crippen molar-refractivity contribution < 1.29 is 9.21 Å². The quantitative estimate of drug-likeness (QED) is 0.435. The second kappa shape index (κ2) is 9.36. The molecule has 0 atom stereocenters. The van der Waals surface area contributed by atoms with E-state index in [1.807, 2.05) is 36.4 Å². The van der Waals surface area contributed by atoms with Gasteiger partial charge in [-0.25, -0.2) is 4.98 Å². The standard InChI is InChI=1S/C22H19ClN6O2/c1-14(30)26-20-13-15(10-12-25-20)4-9-19-18(3-2-11-24-19)21-28-29-22(31-21)27-17-7-5-16(23)6-8-17/h2-3,5-8,10-13H,4,9H2,1H3,(H,27,29)(H,25,26,30). The number of pyridine rings is 2. The zero-order valence-corrected chi connectivity index (χ0v) is 17.4. The average Bonchev–Trinajstić information content (AvgIpc) is 3.22. The van der Waals surface area contributed by atoms with Gasteiger partial charge in [-0.1, -0.05) is 16.7 Å². The van der Waals surface area contributed by atoms with E-state index in [1.165, 1.54) is 6.92 Å². The van der Waals surface area contributed by atoms with Crippen LogP contribution in [0, 0.1) is 0 Å². The Morgan fingerprint density at radius 3 is 2.68 bits per heavy atom. The molecule has 0 unspecified atom stereocenters. The molecule has 0 spiro atoms. The summed E-state index contributed by atoms with van der Waals surface area (Å²) in [4.78, 5) is 19.9. The lowest BCUT2D eigenvalue weighted by molar-refractivity contribution is -0.114. The Hall–Kier alpha value is -3.78. The molecule has 1 aromatic carbocycles. The summed E-state index contributed by atoms with van der Waals surface area (Å²) >= 11 is 5.91. The summed E-state index contributed by atoms with van der Waals surface area (Å²) in [5.41, 5.74) is 3.43. The van der Waals surface area contributed by atoms with Crippen molar-refractivity contribution >= 4 is 35.0 Å². The number of hydrogen-bond acceptors (Lipinski definition) is 7. The predicted molar refractivity (Wildman–Crippen MR) is 118 cm³/mol. The molecule has 0 aliphatic rings. The van der Waals surface area contributed by atoms with Crippen LogP contribution in [-0.4, -0.2) is 26.1 Å². The van der Waals surface area contributed by atoms with Crippen LogP contribution in [-0.2, 0) is 17.6 Å². The largest absolute Gasteiger partial charge is 0.403 e. The van der Waals surface area contributed by atoms with E-state index in [0.717, 1.165) is 22.5 Å². The van der Waals surface area contributed by atoms with Crippen LogP contribution in [0.15, 0.2) is 65.3 Å². The smallest absolute Gasteiger partial charge is 0.320 e. The van der Waals surface area contributed by atoms with Crippen molar-refractivity contribution in [2.24, 2.45) is 0 Å². The van der Waals surface area contributed by atoms with Crippen molar-refractivity contribution in [3.63, 3.8) is 0 Å². The number of amides is 1. The fraction of sp³-hybridized carbons (Fsp3) is 0.136. The first-order chi connectivity index (χ1) is 15.1. The van der Waals surface area contributed by atoms with Crippen LogP contribution >= 0.6 is 11.6 Å². The number of nitrogens with zero attached hydrogens (tertiary/aromatic N) is 4. The molecular formula is C22H19ClN6O2. The van der Waals surface area contributed by atoms with Gasteiger partial charge >= 0.3 is 6.01 Å². The minimum atomic E-state index is -0.156. The van der Waals surface area contributed by atoms with Gasteiger partial charge in [0.25, 0.3) is 5.89 Å². The SMILES string of the molecule is CC(=O)Nc1cc(CCc2ncccc2-c2nnc(Nc3ccc(Cl)cc3)o2)ccn1. The predicted octanol–water partition coefficient (Wildman–Crippen LogP) is 4.67. The Labute approximate surface area is 183 Å². The molecule has 0 saturated carbocycles. The fourth-order valence-electron chi connectivity index (χ4n) is 3.01. The van der Waals surface area contributed by atoms with Gasteiger partial charge in [0.1, 0.15) is 5.82 Å². The summed E-state index contributed by atoms with van der Waals surface area (Å²) in [5.74, 6) is 0.755. The van der Waals surface area contributed by atoms with Crippen LogP contribution in [0.3, 0.4) is 0 Å². The molecule has 31 heavy (non-hydrogen) atoms. The second-order valence-electron chi connectivity index (χ2n) is 6.77. The first-order valence-electron chi connectivity index (χ1n) is 9.60. The third-order valence-electron chi connectivity index (χ3n) is 4.42. The van der Waals surface area contributed by atoms with Crippen LogP contribution in [0.5, 0.6) is 0 Å². The number of nitrogens with one attached hydrogen (secondary N) is 2. The molecule has 2 N–H and O–H groups in total. The summed E-state index contributed by atoms with van der Waals surface area (Å²) in [6, 6.07) is 15.0. The van der Waals surface area contributed by atoms with Gasteiger partial charge < -0.3 is 15.1 Å². The Bertz CT molecular complexity index is 1190. The number of rotatable bonds is 7. The molecule has 0 radical (unpaired) electrons. The minimum Gasteiger partial charge on any atom is -0.403 e. The highest BCUT2D eigenvalue weighted by molar-refractivity contribution is 6.30. The molecule has 0 aliphatic carbocycles. The van der Waals surface area contributed by atoms with Crippen molar-refractivity contribution in [1.82, 2.24) is 20.2 Å². The summed E-state index contributed by atoms with van der Waals surface area (Å²) in [5, 5.41) is 14.6. The molecule has 0 saturated heterocycles. The lowest BCUT2D eigenvalue weighted by atomic mass is 10.1. The average molecular weight is 435 g/mol. The summed E-state index contributed by atoms with van der Waals surface area (Å²) in [6.45, 7) is 1.45. The number of benzene rings is 1. The number of halogens is 1. The number of hydrogen-bond donors (Lipinski definition) is 2. The van der Waals surface area contributed by atoms with Crippen LogP contribution in [0.2, 0.25) is 5.02 Å². The van der Waals surface area contributed by atoms with Crippen LogP contribution in [0.1, 0.15) is 18.2 Å². The molecule has 4 rings (SSSR count). The number of carbonyl (C=O) groups is 1. The topological polar surface area (TPSA) is 106 Å². The van der Waals surface area contributed by atoms with E-state index >= 15 is 0 Å². The van der Waals surface area contributed by atoms with Gasteiger partial charge in [0.15, 0.2) is 0 Å². The van der Waals surface area contributed by atoms with E-state index in [4.69, 9.17) is 16.0 Å². The van der Waals surface area contributed by atoms with Gasteiger partial charge in [-0.3, -0.25) is 9.78 Å². The Morgan fingerprint density at radius 1 is 1.03 bits per heavy atom. The van der Waals surface area contributed by atoms with Gasteiger partial charge in [0, 0.05) is 30.0 Å². The minimum absolute atomic E-state index is 0.156. The van der Waals surface area contributed by atoms with Gasteiger partial charge in [-0.2, -0.15) is 0 Å². The van der Waals surface area contributed by atoms with Crippen molar-refractivity contribution in [2.75, 3.05) is 10.6 Å². The Morgan fingerprint density at radius 2 is 1.87 bits per heavy atom. The highest BCUT2D eigenvalue weighted by atomic mass is 35.5. The molecule has 9 heteroatoms. The third kappa shape index (κ3) is 5.43. The maximum atomic E-state index is 11.2. The normalized spacial score (nSPS) is 10.6. The number of anilines is 3. The maximum absolute atomic E-state index is 11.2. The third-order valence-corrected chi connectivity index (χ3v) is 4.67. The number of aromatic nitrogens is 4. The molecule has 0 bridgehead atoms. The molecule has 1 amide bonds. The summed E-state index contributed by atoms with van der Waals surface area (Å²) in [6.07, 6.45) is 4.77. The fourth-order valence-corrected chi connectivity index (χ4v) is 3.14. The van der Waals surface area contributed by atoms with E-state index in [0.29, 0.717) is 29.6 Å². The molecular weight excluding hydrogens is 416 g/mol. The van der Waals surface area contributed by atoms with Gasteiger partial charge in [-0.15, -0.1) is 5.10 Å². The molecule has 3 aromatic heterocycles. The molecule has 3 heterocycles. The second-order valence-corrected chi connectivity index (χ2v) is 7.21. The van der Waals surface area contributed by atoms with Gasteiger partial charge in [0.2, 0.25) is 5.91 Å². The maximum Gasteiger partial charge on any atom is 0.320 e. The highest BCUT2D eigenvalue weighted by Crippen LogP contribution is 2.25. The number of aryl methyl sites for hydroxylation is 2. The van der Waals surface area contributed by atoms with Crippen molar-refractivity contribution in [3.05, 3.63) is 77.2 Å². The van der Waals surface area contributed by atoms with E-state index in [-0.39, 0.29) is 11.9 Å². The molecule has 4 aromatic rings. The Kier molecular flexibility index (Phi) is 6.18. The summed E-state index contributed by atoms with van der Waals surface area (Å²) in [7, 11) is 0. The Balaban J connectivity index is 1.48. The first kappa shape index (κ1) is 20.5. The lowest BCUT2D eigenvalue weighted by Gasteiger charge is -2.07. The molecule has 0 fully saturated rings. The van der Waals surface area contributed by atoms with Crippen molar-refractivity contribution in [3.8, 4) is 11.5 Å². The van der Waals surface area contributed by atoms with E-state index in [1.54, 1.807) is 24.5 Å². The van der Waals surface area contributed by atoms with E-state index < -0.39 is 0 Å². The van der Waals surface area contributed by atoms with Crippen molar-refractivity contribution in [2.45, 2.75) is 19.8 Å². The monoisotopic (exact) mass is 434 g/mol. The zero-order chi connectivity index (χ0) is 21.6. The van der Waals surface area contributed by atoms with E-state index in [2.05, 4.69) is 30.8 Å². The van der Waals surface area contributed by atoms with Crippen LogP contribution in [0.25, 0.3) is 11.5 Å². The molecule has 8 nitrogen and oxygen atoms in total. The van der Waals surface area contributed by atoms with Crippen molar-refractivity contribution in [1.29, 1.82) is 0 Å². The first-order valence-corrected chi connectivity index (χ1v) is 9.97. The summed E-state index contributed by atoms with van der Waals surface area (Å²) < 4.78 is 5.80. The lowest BCUT2D eigenvalue weighted by Crippen LogP contribution is -2.07. The van der Waals surface area contributed by atoms with Gasteiger partial charge in [-0.05, 0) is 66.9 Å². The number of carbonyl (C=O) groups excluding carboxylic acids is 1.